The topological polar surface area (TPSA) is 64.6 Å². The molecule has 7 heteroatoms. The minimum absolute atomic E-state index is 0.0397. The third kappa shape index (κ3) is 5.96. The fourth-order valence-electron chi connectivity index (χ4n) is 2.03. The highest BCUT2D eigenvalue weighted by molar-refractivity contribution is 6.35. The molecule has 5 nitrogen and oxygen atoms in total. The first-order valence-corrected chi connectivity index (χ1v) is 8.30. The Morgan fingerprint density at radius 1 is 1.08 bits per heavy atom. The molecule has 0 spiro atoms. The van der Waals surface area contributed by atoms with Gasteiger partial charge in [0.2, 0.25) is 0 Å². The molecule has 0 aromatic heterocycles. The third-order valence-corrected chi connectivity index (χ3v) is 3.81. The quantitative estimate of drug-likeness (QED) is 0.587. The minimum Gasteiger partial charge on any atom is -0.488 e. The van der Waals surface area contributed by atoms with Crippen LogP contribution >= 0.6 is 23.2 Å². The van der Waals surface area contributed by atoms with Gasteiger partial charge in [0.1, 0.15) is 25.5 Å². The SMILES string of the molecule is Cc1ccccc1C(=O)NCC(=O)OCCOc1ccc(Cl)cc1Cl. The van der Waals surface area contributed by atoms with Crippen molar-refractivity contribution in [3.05, 3.63) is 63.6 Å². The minimum atomic E-state index is -0.548. The number of ether oxygens (including phenoxy) is 2. The summed E-state index contributed by atoms with van der Waals surface area (Å²) in [7, 11) is 0. The van der Waals surface area contributed by atoms with Gasteiger partial charge in [0.05, 0.1) is 5.02 Å². The van der Waals surface area contributed by atoms with Gasteiger partial charge in [-0.05, 0) is 36.8 Å². The van der Waals surface area contributed by atoms with Crippen LogP contribution in [0.3, 0.4) is 0 Å². The third-order valence-electron chi connectivity index (χ3n) is 3.28. The van der Waals surface area contributed by atoms with E-state index in [9.17, 15) is 9.59 Å². The van der Waals surface area contributed by atoms with E-state index in [-0.39, 0.29) is 25.7 Å². The van der Waals surface area contributed by atoms with Crippen LogP contribution in [0.4, 0.5) is 0 Å². The van der Waals surface area contributed by atoms with E-state index in [1.54, 1.807) is 30.3 Å². The van der Waals surface area contributed by atoms with Gasteiger partial charge >= 0.3 is 5.97 Å². The van der Waals surface area contributed by atoms with Crippen molar-refractivity contribution in [2.45, 2.75) is 6.92 Å². The Morgan fingerprint density at radius 3 is 2.56 bits per heavy atom. The fourth-order valence-corrected chi connectivity index (χ4v) is 2.49. The molecule has 2 aromatic carbocycles. The normalized spacial score (nSPS) is 10.2. The smallest absolute Gasteiger partial charge is 0.325 e. The number of carbonyl (C=O) groups is 2. The first-order valence-electron chi connectivity index (χ1n) is 7.54. The molecular weight excluding hydrogens is 365 g/mol. The lowest BCUT2D eigenvalue weighted by atomic mass is 10.1. The molecule has 0 saturated heterocycles. The Kier molecular flexibility index (Phi) is 7.10. The zero-order valence-electron chi connectivity index (χ0n) is 13.6. The van der Waals surface area contributed by atoms with Crippen LogP contribution in [-0.4, -0.2) is 31.6 Å². The molecule has 0 fully saturated rings. The average Bonchev–Trinajstić information content (AvgIpc) is 2.58. The summed E-state index contributed by atoms with van der Waals surface area (Å²) in [6.07, 6.45) is 0. The van der Waals surface area contributed by atoms with Crippen molar-refractivity contribution in [3.63, 3.8) is 0 Å². The van der Waals surface area contributed by atoms with E-state index in [2.05, 4.69) is 5.32 Å². The number of amides is 1. The van der Waals surface area contributed by atoms with Gasteiger partial charge in [-0.1, -0.05) is 41.4 Å². The van der Waals surface area contributed by atoms with E-state index >= 15 is 0 Å². The van der Waals surface area contributed by atoms with Crippen molar-refractivity contribution in [2.24, 2.45) is 0 Å². The molecule has 0 unspecified atom stereocenters. The van der Waals surface area contributed by atoms with E-state index in [4.69, 9.17) is 32.7 Å². The maximum atomic E-state index is 12.0. The van der Waals surface area contributed by atoms with Crippen molar-refractivity contribution in [1.29, 1.82) is 0 Å². The molecule has 0 aliphatic carbocycles. The van der Waals surface area contributed by atoms with Gasteiger partial charge in [-0.15, -0.1) is 0 Å². The molecule has 25 heavy (non-hydrogen) atoms. The van der Waals surface area contributed by atoms with E-state index in [0.29, 0.717) is 21.4 Å². The molecule has 2 rings (SSSR count). The molecule has 1 amide bonds. The predicted octanol–water partition coefficient (Wildman–Crippen LogP) is 3.65. The molecule has 0 radical (unpaired) electrons. The first-order chi connectivity index (χ1) is 12.0. The number of carbonyl (C=O) groups excluding carboxylic acids is 2. The summed E-state index contributed by atoms with van der Waals surface area (Å²) in [4.78, 5) is 23.6. The van der Waals surface area contributed by atoms with Crippen LogP contribution in [-0.2, 0) is 9.53 Å². The zero-order valence-corrected chi connectivity index (χ0v) is 15.1. The number of benzene rings is 2. The van der Waals surface area contributed by atoms with Gasteiger partial charge in [-0.25, -0.2) is 0 Å². The van der Waals surface area contributed by atoms with Gasteiger partial charge < -0.3 is 14.8 Å². The van der Waals surface area contributed by atoms with Crippen LogP contribution in [0.1, 0.15) is 15.9 Å². The molecule has 0 saturated carbocycles. The van der Waals surface area contributed by atoms with Gasteiger partial charge in [0.25, 0.3) is 5.91 Å². The monoisotopic (exact) mass is 381 g/mol. The molecule has 0 aliphatic heterocycles. The lowest BCUT2D eigenvalue weighted by Gasteiger charge is -2.10. The molecule has 0 heterocycles. The lowest BCUT2D eigenvalue weighted by Crippen LogP contribution is -2.31. The second-order valence-electron chi connectivity index (χ2n) is 5.14. The molecule has 0 bridgehead atoms. The highest BCUT2D eigenvalue weighted by Crippen LogP contribution is 2.27. The van der Waals surface area contributed by atoms with Crippen molar-refractivity contribution >= 4 is 35.1 Å². The number of halogens is 2. The van der Waals surface area contributed by atoms with Crippen LogP contribution in [0.5, 0.6) is 5.75 Å². The highest BCUT2D eigenvalue weighted by Gasteiger charge is 2.10. The first kappa shape index (κ1) is 19.1. The Bertz CT molecular complexity index is 764. The Labute approximate surface area is 155 Å². The summed E-state index contributed by atoms with van der Waals surface area (Å²) in [6.45, 7) is 1.79. The van der Waals surface area contributed by atoms with Crippen LogP contribution in [0.15, 0.2) is 42.5 Å². The van der Waals surface area contributed by atoms with Gasteiger partial charge in [0, 0.05) is 10.6 Å². The maximum Gasteiger partial charge on any atom is 0.325 e. The second-order valence-corrected chi connectivity index (χ2v) is 5.98. The summed E-state index contributed by atoms with van der Waals surface area (Å²) >= 11 is 11.8. The molecule has 0 atom stereocenters. The molecule has 1 N–H and O–H groups in total. The van der Waals surface area contributed by atoms with Crippen LogP contribution in [0.25, 0.3) is 0 Å². The van der Waals surface area contributed by atoms with E-state index in [1.165, 1.54) is 0 Å². The number of hydrogen-bond donors (Lipinski definition) is 1. The van der Waals surface area contributed by atoms with Crippen LogP contribution < -0.4 is 10.1 Å². The van der Waals surface area contributed by atoms with E-state index in [1.807, 2.05) is 19.1 Å². The average molecular weight is 382 g/mol. The van der Waals surface area contributed by atoms with Crippen molar-refractivity contribution in [1.82, 2.24) is 5.32 Å². The summed E-state index contributed by atoms with van der Waals surface area (Å²) in [5.41, 5.74) is 1.36. The standard InChI is InChI=1S/C18H17Cl2NO4/c1-12-4-2-3-5-14(12)18(23)21-11-17(22)25-9-8-24-16-7-6-13(19)10-15(16)20/h2-7,10H,8-9,11H2,1H3,(H,21,23). The van der Waals surface area contributed by atoms with Crippen LogP contribution in [0, 0.1) is 6.92 Å². The Balaban J connectivity index is 1.69. The van der Waals surface area contributed by atoms with E-state index < -0.39 is 5.97 Å². The largest absolute Gasteiger partial charge is 0.488 e. The number of nitrogens with one attached hydrogen (secondary N) is 1. The molecule has 0 aliphatic rings. The predicted molar refractivity (Wildman–Crippen MR) is 96.4 cm³/mol. The highest BCUT2D eigenvalue weighted by atomic mass is 35.5. The number of aryl methyl sites for hydroxylation is 1. The summed E-state index contributed by atoms with van der Waals surface area (Å²) in [5, 5.41) is 3.41. The Hall–Kier alpha value is -2.24. The summed E-state index contributed by atoms with van der Waals surface area (Å²) in [6, 6.07) is 12.0. The fraction of sp³-hybridized carbons (Fsp3) is 0.222. The molecular formula is C18H17Cl2NO4. The van der Waals surface area contributed by atoms with Gasteiger partial charge in [0.15, 0.2) is 0 Å². The number of hydrogen-bond acceptors (Lipinski definition) is 4. The molecule has 132 valence electrons. The number of esters is 1. The lowest BCUT2D eigenvalue weighted by molar-refractivity contribution is -0.143. The van der Waals surface area contributed by atoms with Crippen molar-refractivity contribution in [3.8, 4) is 5.75 Å². The summed E-state index contributed by atoms with van der Waals surface area (Å²) in [5.74, 6) is -0.415. The van der Waals surface area contributed by atoms with E-state index in [0.717, 1.165) is 5.56 Å². The molecule has 2 aromatic rings. The number of rotatable bonds is 7. The summed E-state index contributed by atoms with van der Waals surface area (Å²) < 4.78 is 10.4. The van der Waals surface area contributed by atoms with Crippen LogP contribution in [0.2, 0.25) is 10.0 Å². The Morgan fingerprint density at radius 2 is 1.84 bits per heavy atom. The van der Waals surface area contributed by atoms with Crippen molar-refractivity contribution < 1.29 is 19.1 Å². The van der Waals surface area contributed by atoms with Crippen molar-refractivity contribution in [2.75, 3.05) is 19.8 Å². The maximum absolute atomic E-state index is 12.0. The zero-order chi connectivity index (χ0) is 18.2. The second kappa shape index (κ2) is 9.30. The van der Waals surface area contributed by atoms with Gasteiger partial charge in [-0.3, -0.25) is 9.59 Å². The van der Waals surface area contributed by atoms with Gasteiger partial charge in [-0.2, -0.15) is 0 Å².